The SMILES string of the molecule is CCc1ccc(C2CNCCN2C(=O)c2ccc(SC)o2)cc1. The van der Waals surface area contributed by atoms with Crippen LogP contribution in [0.5, 0.6) is 0 Å². The van der Waals surface area contributed by atoms with Crippen LogP contribution in [0.1, 0.15) is 34.6 Å². The van der Waals surface area contributed by atoms with Crippen molar-refractivity contribution in [2.75, 3.05) is 25.9 Å². The smallest absolute Gasteiger partial charge is 0.290 e. The van der Waals surface area contributed by atoms with Crippen molar-refractivity contribution in [2.24, 2.45) is 0 Å². The number of nitrogens with zero attached hydrogens (tertiary/aromatic N) is 1. The zero-order valence-electron chi connectivity index (χ0n) is 13.5. The summed E-state index contributed by atoms with van der Waals surface area (Å²) in [5, 5.41) is 4.16. The molecule has 23 heavy (non-hydrogen) atoms. The zero-order chi connectivity index (χ0) is 16.2. The number of carbonyl (C=O) groups is 1. The van der Waals surface area contributed by atoms with Crippen molar-refractivity contribution in [1.82, 2.24) is 10.2 Å². The van der Waals surface area contributed by atoms with Crippen molar-refractivity contribution in [3.63, 3.8) is 0 Å². The number of hydrogen-bond acceptors (Lipinski definition) is 4. The van der Waals surface area contributed by atoms with Gasteiger partial charge in [0.1, 0.15) is 0 Å². The number of nitrogens with one attached hydrogen (secondary N) is 1. The first-order valence-electron chi connectivity index (χ1n) is 7.97. The van der Waals surface area contributed by atoms with E-state index < -0.39 is 0 Å². The maximum Gasteiger partial charge on any atom is 0.290 e. The van der Waals surface area contributed by atoms with Crippen LogP contribution in [0.15, 0.2) is 45.9 Å². The first-order valence-corrected chi connectivity index (χ1v) is 9.19. The quantitative estimate of drug-likeness (QED) is 0.873. The lowest BCUT2D eigenvalue weighted by atomic mass is 10.0. The van der Waals surface area contributed by atoms with Gasteiger partial charge in [-0.25, -0.2) is 0 Å². The molecule has 1 aromatic heterocycles. The Morgan fingerprint density at radius 1 is 1.30 bits per heavy atom. The highest BCUT2D eigenvalue weighted by atomic mass is 32.2. The minimum atomic E-state index is -0.0311. The molecule has 0 saturated carbocycles. The Morgan fingerprint density at radius 3 is 2.74 bits per heavy atom. The van der Waals surface area contributed by atoms with E-state index in [0.717, 1.165) is 24.6 Å². The van der Waals surface area contributed by atoms with Crippen LogP contribution in [-0.4, -0.2) is 36.7 Å². The fraction of sp³-hybridized carbons (Fsp3) is 0.389. The van der Waals surface area contributed by atoms with Gasteiger partial charge in [0, 0.05) is 19.6 Å². The van der Waals surface area contributed by atoms with Gasteiger partial charge in [-0.2, -0.15) is 0 Å². The lowest BCUT2D eigenvalue weighted by Crippen LogP contribution is -2.48. The van der Waals surface area contributed by atoms with E-state index in [2.05, 4.69) is 36.5 Å². The van der Waals surface area contributed by atoms with E-state index in [1.165, 1.54) is 22.9 Å². The van der Waals surface area contributed by atoms with Crippen LogP contribution >= 0.6 is 11.8 Å². The molecule has 2 aromatic rings. The number of amides is 1. The molecule has 0 radical (unpaired) electrons. The summed E-state index contributed by atoms with van der Waals surface area (Å²) in [6.07, 6.45) is 2.96. The van der Waals surface area contributed by atoms with E-state index in [1.807, 2.05) is 17.2 Å². The largest absolute Gasteiger partial charge is 0.445 e. The summed E-state index contributed by atoms with van der Waals surface area (Å²) in [4.78, 5) is 14.7. The fourth-order valence-corrected chi connectivity index (χ4v) is 3.28. The van der Waals surface area contributed by atoms with Crippen molar-refractivity contribution in [3.05, 3.63) is 53.3 Å². The minimum absolute atomic E-state index is 0.0311. The number of hydrogen-bond donors (Lipinski definition) is 1. The molecule has 4 nitrogen and oxygen atoms in total. The van der Waals surface area contributed by atoms with Crippen molar-refractivity contribution in [3.8, 4) is 0 Å². The van der Waals surface area contributed by atoms with Gasteiger partial charge in [-0.15, -0.1) is 0 Å². The molecule has 1 aliphatic rings. The molecular weight excluding hydrogens is 308 g/mol. The van der Waals surface area contributed by atoms with Gasteiger partial charge in [0.2, 0.25) is 0 Å². The van der Waals surface area contributed by atoms with Crippen molar-refractivity contribution < 1.29 is 9.21 Å². The van der Waals surface area contributed by atoms with E-state index in [0.29, 0.717) is 12.3 Å². The second kappa shape index (κ2) is 7.23. The molecule has 1 saturated heterocycles. The summed E-state index contributed by atoms with van der Waals surface area (Å²) >= 11 is 1.51. The van der Waals surface area contributed by atoms with Gasteiger partial charge in [0.05, 0.1) is 6.04 Å². The van der Waals surface area contributed by atoms with Crippen LogP contribution < -0.4 is 5.32 Å². The highest BCUT2D eigenvalue weighted by Crippen LogP contribution is 2.26. The maximum atomic E-state index is 12.8. The fourth-order valence-electron chi connectivity index (χ4n) is 2.91. The molecule has 122 valence electrons. The molecule has 1 unspecified atom stereocenters. The third kappa shape index (κ3) is 3.46. The Bertz CT molecular complexity index is 666. The minimum Gasteiger partial charge on any atom is -0.445 e. The molecule has 3 rings (SSSR count). The lowest BCUT2D eigenvalue weighted by Gasteiger charge is -2.36. The Balaban J connectivity index is 1.83. The number of aryl methyl sites for hydroxylation is 1. The number of furan rings is 1. The summed E-state index contributed by atoms with van der Waals surface area (Å²) in [6.45, 7) is 4.42. The van der Waals surface area contributed by atoms with Crippen molar-refractivity contribution in [1.29, 1.82) is 0 Å². The monoisotopic (exact) mass is 330 g/mol. The van der Waals surface area contributed by atoms with Gasteiger partial charge >= 0.3 is 0 Å². The van der Waals surface area contributed by atoms with Crippen LogP contribution in [0.3, 0.4) is 0 Å². The normalized spacial score (nSPS) is 18.2. The summed E-state index contributed by atoms with van der Waals surface area (Å²) in [6, 6.07) is 12.2. The summed E-state index contributed by atoms with van der Waals surface area (Å²) < 4.78 is 5.62. The molecule has 0 bridgehead atoms. The Labute approximate surface area is 141 Å². The van der Waals surface area contributed by atoms with Gasteiger partial charge in [-0.05, 0) is 35.9 Å². The Morgan fingerprint density at radius 2 is 2.09 bits per heavy atom. The first-order chi connectivity index (χ1) is 11.2. The van der Waals surface area contributed by atoms with Crippen molar-refractivity contribution >= 4 is 17.7 Å². The third-order valence-electron chi connectivity index (χ3n) is 4.27. The number of thioether (sulfide) groups is 1. The van der Waals surface area contributed by atoms with Crippen LogP contribution in [0, 0.1) is 0 Å². The van der Waals surface area contributed by atoms with Crippen molar-refractivity contribution in [2.45, 2.75) is 24.5 Å². The molecule has 2 heterocycles. The van der Waals surface area contributed by atoms with Gasteiger partial charge in [-0.1, -0.05) is 43.0 Å². The van der Waals surface area contributed by atoms with E-state index in [-0.39, 0.29) is 11.9 Å². The molecule has 0 aliphatic carbocycles. The maximum absolute atomic E-state index is 12.8. The average molecular weight is 330 g/mol. The zero-order valence-corrected chi connectivity index (χ0v) is 14.4. The molecule has 1 fully saturated rings. The molecule has 1 atom stereocenters. The van der Waals surface area contributed by atoms with E-state index in [9.17, 15) is 4.79 Å². The second-order valence-electron chi connectivity index (χ2n) is 5.64. The first kappa shape index (κ1) is 16.1. The van der Waals surface area contributed by atoms with Crippen LogP contribution in [0.2, 0.25) is 0 Å². The average Bonchev–Trinajstić information content (AvgIpc) is 3.10. The molecular formula is C18H22N2O2S. The summed E-state index contributed by atoms with van der Waals surface area (Å²) in [5.74, 6) is 0.391. The number of carbonyl (C=O) groups excluding carboxylic acids is 1. The van der Waals surface area contributed by atoms with E-state index >= 15 is 0 Å². The standard InChI is InChI=1S/C18H22N2O2S/c1-3-13-4-6-14(7-5-13)15-12-19-10-11-20(15)18(21)16-8-9-17(22-16)23-2/h4-9,15,19H,3,10-12H2,1-2H3. The van der Waals surface area contributed by atoms with Gasteiger partial charge in [-0.3, -0.25) is 4.79 Å². The van der Waals surface area contributed by atoms with Crippen LogP contribution in [-0.2, 0) is 6.42 Å². The van der Waals surface area contributed by atoms with Gasteiger partial charge in [0.25, 0.3) is 5.91 Å². The lowest BCUT2D eigenvalue weighted by molar-refractivity contribution is 0.0596. The van der Waals surface area contributed by atoms with Crippen LogP contribution in [0.4, 0.5) is 0 Å². The summed E-state index contributed by atoms with van der Waals surface area (Å²) in [7, 11) is 0. The molecule has 1 aromatic carbocycles. The number of rotatable bonds is 4. The highest BCUT2D eigenvalue weighted by Gasteiger charge is 2.30. The summed E-state index contributed by atoms with van der Waals surface area (Å²) in [5.41, 5.74) is 2.48. The van der Waals surface area contributed by atoms with Gasteiger partial charge in [0.15, 0.2) is 10.9 Å². The number of piperazine rings is 1. The van der Waals surface area contributed by atoms with Crippen LogP contribution in [0.25, 0.3) is 0 Å². The molecule has 1 aliphatic heterocycles. The molecule has 1 N–H and O–H groups in total. The third-order valence-corrected chi connectivity index (χ3v) is 4.89. The van der Waals surface area contributed by atoms with Gasteiger partial charge < -0.3 is 14.6 Å². The Kier molecular flexibility index (Phi) is 5.08. The predicted octanol–water partition coefficient (Wildman–Crippen LogP) is 3.35. The van der Waals surface area contributed by atoms with E-state index in [1.54, 1.807) is 6.07 Å². The molecule has 0 spiro atoms. The number of benzene rings is 1. The molecule has 5 heteroatoms. The second-order valence-corrected chi connectivity index (χ2v) is 6.45. The predicted molar refractivity (Wildman–Crippen MR) is 93.0 cm³/mol. The highest BCUT2D eigenvalue weighted by molar-refractivity contribution is 7.98. The van der Waals surface area contributed by atoms with E-state index in [4.69, 9.17) is 4.42 Å². The Hall–Kier alpha value is -1.72. The topological polar surface area (TPSA) is 45.5 Å². The molecule has 1 amide bonds.